The van der Waals surface area contributed by atoms with Crippen LogP contribution in [0, 0.1) is 0 Å². The van der Waals surface area contributed by atoms with Crippen LogP contribution in [0.3, 0.4) is 0 Å². The summed E-state index contributed by atoms with van der Waals surface area (Å²) in [5, 5.41) is 0. The SMILES string of the molecule is CC(C)c1oc(-c2cccnc2)nc1C(F)F. The van der Waals surface area contributed by atoms with Gasteiger partial charge in [-0.25, -0.2) is 13.8 Å². The topological polar surface area (TPSA) is 38.9 Å². The highest BCUT2D eigenvalue weighted by Gasteiger charge is 2.23. The van der Waals surface area contributed by atoms with Crippen molar-refractivity contribution in [1.29, 1.82) is 0 Å². The third-order valence-corrected chi connectivity index (χ3v) is 2.32. The molecule has 0 unspecified atom stereocenters. The zero-order chi connectivity index (χ0) is 12.4. The molecule has 5 heteroatoms. The van der Waals surface area contributed by atoms with E-state index in [0.29, 0.717) is 5.56 Å². The fraction of sp³-hybridized carbons (Fsp3) is 0.333. The Kier molecular flexibility index (Phi) is 3.17. The van der Waals surface area contributed by atoms with Crippen LogP contribution < -0.4 is 0 Å². The molecule has 0 atom stereocenters. The minimum Gasteiger partial charge on any atom is -0.440 e. The Balaban J connectivity index is 2.48. The molecule has 0 fully saturated rings. The molecule has 0 radical (unpaired) electrons. The predicted molar refractivity (Wildman–Crippen MR) is 58.8 cm³/mol. The van der Waals surface area contributed by atoms with Gasteiger partial charge in [-0.3, -0.25) is 4.98 Å². The Morgan fingerprint density at radius 2 is 2.06 bits per heavy atom. The second kappa shape index (κ2) is 4.61. The fourth-order valence-electron chi connectivity index (χ4n) is 1.53. The maximum Gasteiger partial charge on any atom is 0.283 e. The average molecular weight is 238 g/mol. The fourth-order valence-corrected chi connectivity index (χ4v) is 1.53. The molecule has 0 aliphatic heterocycles. The van der Waals surface area contributed by atoms with E-state index in [4.69, 9.17) is 4.42 Å². The number of aromatic nitrogens is 2. The summed E-state index contributed by atoms with van der Waals surface area (Å²) in [5.74, 6) is 0.299. The largest absolute Gasteiger partial charge is 0.440 e. The van der Waals surface area contributed by atoms with Crippen LogP contribution in [0.4, 0.5) is 8.78 Å². The van der Waals surface area contributed by atoms with E-state index in [2.05, 4.69) is 9.97 Å². The lowest BCUT2D eigenvalue weighted by Gasteiger charge is -2.01. The molecule has 0 aliphatic rings. The lowest BCUT2D eigenvalue weighted by Crippen LogP contribution is -1.93. The van der Waals surface area contributed by atoms with E-state index in [9.17, 15) is 8.78 Å². The van der Waals surface area contributed by atoms with Gasteiger partial charge < -0.3 is 4.42 Å². The van der Waals surface area contributed by atoms with Gasteiger partial charge in [0, 0.05) is 18.3 Å². The molecule has 0 aliphatic carbocycles. The van der Waals surface area contributed by atoms with E-state index in [1.807, 2.05) is 0 Å². The minimum absolute atomic E-state index is 0.128. The zero-order valence-electron chi connectivity index (χ0n) is 9.52. The summed E-state index contributed by atoms with van der Waals surface area (Å²) >= 11 is 0. The summed E-state index contributed by atoms with van der Waals surface area (Å²) in [7, 11) is 0. The van der Waals surface area contributed by atoms with E-state index in [-0.39, 0.29) is 23.3 Å². The molecule has 0 N–H and O–H groups in total. The third-order valence-electron chi connectivity index (χ3n) is 2.32. The van der Waals surface area contributed by atoms with Gasteiger partial charge >= 0.3 is 0 Å². The van der Waals surface area contributed by atoms with Gasteiger partial charge in [0.05, 0.1) is 5.56 Å². The summed E-state index contributed by atoms with van der Waals surface area (Å²) < 4.78 is 31.0. The molecular weight excluding hydrogens is 226 g/mol. The van der Waals surface area contributed by atoms with Gasteiger partial charge in [0.2, 0.25) is 5.89 Å². The number of hydrogen-bond donors (Lipinski definition) is 0. The number of rotatable bonds is 3. The van der Waals surface area contributed by atoms with Gasteiger partial charge in [0.15, 0.2) is 0 Å². The number of hydrogen-bond acceptors (Lipinski definition) is 3. The van der Waals surface area contributed by atoms with Gasteiger partial charge in [-0.1, -0.05) is 13.8 Å². The lowest BCUT2D eigenvalue weighted by atomic mass is 10.1. The molecule has 0 amide bonds. The molecule has 2 aromatic rings. The van der Waals surface area contributed by atoms with E-state index in [1.54, 1.807) is 32.2 Å². The Morgan fingerprint density at radius 3 is 2.53 bits per heavy atom. The number of pyridine rings is 1. The smallest absolute Gasteiger partial charge is 0.283 e. The maximum absolute atomic E-state index is 12.8. The first-order valence-corrected chi connectivity index (χ1v) is 5.28. The van der Waals surface area contributed by atoms with E-state index >= 15 is 0 Å². The van der Waals surface area contributed by atoms with Crippen LogP contribution in [0.1, 0.15) is 37.6 Å². The van der Waals surface area contributed by atoms with Crippen LogP contribution in [0.15, 0.2) is 28.9 Å². The molecule has 2 aromatic heterocycles. The van der Waals surface area contributed by atoms with E-state index in [1.165, 1.54) is 6.20 Å². The summed E-state index contributed by atoms with van der Waals surface area (Å²) in [5.41, 5.74) is 0.320. The van der Waals surface area contributed by atoms with Crippen LogP contribution in [-0.2, 0) is 0 Å². The molecule has 90 valence electrons. The highest BCUT2D eigenvalue weighted by molar-refractivity contribution is 5.51. The molecule has 2 heterocycles. The quantitative estimate of drug-likeness (QED) is 0.816. The summed E-state index contributed by atoms with van der Waals surface area (Å²) in [6, 6.07) is 3.43. The van der Waals surface area contributed by atoms with Crippen molar-refractivity contribution in [3.05, 3.63) is 36.0 Å². The molecule has 0 saturated carbocycles. The number of nitrogens with zero attached hydrogens (tertiary/aromatic N) is 2. The van der Waals surface area contributed by atoms with Crippen molar-refractivity contribution in [2.75, 3.05) is 0 Å². The molecule has 3 nitrogen and oxygen atoms in total. The molecular formula is C12H12F2N2O. The molecule has 0 aromatic carbocycles. The number of halogens is 2. The van der Waals surface area contributed by atoms with Crippen molar-refractivity contribution in [2.45, 2.75) is 26.2 Å². The standard InChI is InChI=1S/C12H12F2N2O/c1-7(2)10-9(11(13)14)16-12(17-10)8-4-3-5-15-6-8/h3-7,11H,1-2H3. The van der Waals surface area contributed by atoms with Crippen molar-refractivity contribution >= 4 is 0 Å². The monoisotopic (exact) mass is 238 g/mol. The normalized spacial score (nSPS) is 11.4. The van der Waals surface area contributed by atoms with Crippen molar-refractivity contribution < 1.29 is 13.2 Å². The first kappa shape index (κ1) is 11.7. The second-order valence-electron chi connectivity index (χ2n) is 3.97. The number of alkyl halides is 2. The Labute approximate surface area is 97.5 Å². The second-order valence-corrected chi connectivity index (χ2v) is 3.97. The zero-order valence-corrected chi connectivity index (χ0v) is 9.52. The summed E-state index contributed by atoms with van der Waals surface area (Å²) in [4.78, 5) is 7.75. The van der Waals surface area contributed by atoms with Gasteiger partial charge in [-0.2, -0.15) is 0 Å². The molecule has 17 heavy (non-hydrogen) atoms. The van der Waals surface area contributed by atoms with Crippen LogP contribution in [0.5, 0.6) is 0 Å². The Hall–Kier alpha value is -1.78. The first-order valence-electron chi connectivity index (χ1n) is 5.28. The van der Waals surface area contributed by atoms with Crippen LogP contribution in [0.25, 0.3) is 11.5 Å². The van der Waals surface area contributed by atoms with Gasteiger partial charge in [-0.15, -0.1) is 0 Å². The van der Waals surface area contributed by atoms with Crippen LogP contribution >= 0.6 is 0 Å². The van der Waals surface area contributed by atoms with Crippen molar-refractivity contribution in [3.8, 4) is 11.5 Å². The minimum atomic E-state index is -2.62. The van der Waals surface area contributed by atoms with Crippen LogP contribution in [0.2, 0.25) is 0 Å². The number of oxazole rings is 1. The summed E-state index contributed by atoms with van der Waals surface area (Å²) in [6.07, 6.45) is 0.510. The van der Waals surface area contributed by atoms with E-state index in [0.717, 1.165) is 0 Å². The molecule has 0 spiro atoms. The molecule has 2 rings (SSSR count). The van der Waals surface area contributed by atoms with E-state index < -0.39 is 6.43 Å². The Morgan fingerprint density at radius 1 is 1.29 bits per heavy atom. The molecule has 0 saturated heterocycles. The van der Waals surface area contributed by atoms with Gasteiger partial charge in [0.25, 0.3) is 6.43 Å². The third kappa shape index (κ3) is 2.33. The predicted octanol–water partition coefficient (Wildman–Crippen LogP) is 3.80. The van der Waals surface area contributed by atoms with Crippen molar-refractivity contribution in [3.63, 3.8) is 0 Å². The highest BCUT2D eigenvalue weighted by atomic mass is 19.3. The maximum atomic E-state index is 12.8. The van der Waals surface area contributed by atoms with Crippen molar-refractivity contribution in [1.82, 2.24) is 9.97 Å². The van der Waals surface area contributed by atoms with Gasteiger partial charge in [-0.05, 0) is 12.1 Å². The lowest BCUT2D eigenvalue weighted by molar-refractivity contribution is 0.143. The van der Waals surface area contributed by atoms with Crippen LogP contribution in [-0.4, -0.2) is 9.97 Å². The van der Waals surface area contributed by atoms with Crippen molar-refractivity contribution in [2.24, 2.45) is 0 Å². The van der Waals surface area contributed by atoms with Gasteiger partial charge in [0.1, 0.15) is 11.5 Å². The Bertz CT molecular complexity index is 469. The average Bonchev–Trinajstić information content (AvgIpc) is 2.75. The highest BCUT2D eigenvalue weighted by Crippen LogP contribution is 2.32. The summed E-state index contributed by atoms with van der Waals surface area (Å²) in [6.45, 7) is 3.58. The first-order chi connectivity index (χ1) is 8.09. The molecule has 0 bridgehead atoms.